The van der Waals surface area contributed by atoms with E-state index in [9.17, 15) is 24.0 Å². The summed E-state index contributed by atoms with van der Waals surface area (Å²) in [4.78, 5) is 76.4. The molecule has 0 fully saturated rings. The molecule has 2 heterocycles. The number of amides is 1. The second-order valence-electron chi connectivity index (χ2n) is 8.80. The highest BCUT2D eigenvalue weighted by Crippen LogP contribution is 2.17. The minimum Gasteiger partial charge on any atom is -0.474 e. The van der Waals surface area contributed by atoms with Crippen LogP contribution in [0.3, 0.4) is 0 Å². The van der Waals surface area contributed by atoms with E-state index in [0.29, 0.717) is 12.1 Å². The van der Waals surface area contributed by atoms with Gasteiger partial charge in [0.1, 0.15) is 17.9 Å². The van der Waals surface area contributed by atoms with Crippen molar-refractivity contribution in [2.24, 2.45) is 0 Å². The molecule has 0 saturated carbocycles. The summed E-state index contributed by atoms with van der Waals surface area (Å²) in [6, 6.07) is 19.2. The van der Waals surface area contributed by atoms with Crippen molar-refractivity contribution < 1.29 is 33.9 Å². The van der Waals surface area contributed by atoms with Crippen LogP contribution in [0.25, 0.3) is 22.3 Å². The monoisotopic (exact) mass is 596 g/mol. The Labute approximate surface area is 252 Å². The quantitative estimate of drug-likeness (QED) is 0.110. The Hall–Kier alpha value is -5.95. The maximum absolute atomic E-state index is 11.4. The van der Waals surface area contributed by atoms with Gasteiger partial charge >= 0.3 is 17.8 Å². The number of hydrogen-bond donors (Lipinski definition) is 1. The first-order valence-corrected chi connectivity index (χ1v) is 13.1. The van der Waals surface area contributed by atoms with Gasteiger partial charge < -0.3 is 19.6 Å². The third-order valence-electron chi connectivity index (χ3n) is 5.69. The number of hydroxylamine groups is 2. The number of nitrogens with zero attached hydrogens (tertiary/aromatic N) is 6. The molecule has 0 unspecified atom stereocenters. The van der Waals surface area contributed by atoms with Crippen LogP contribution in [-0.4, -0.2) is 78.5 Å². The number of aliphatic carboxylic acids is 1. The standard InChI is InChI=1S/C16H15N3O3.C15H13N3O4/c1-2-8-19(22-16(21)12-20)11-15-17-9-14(10-18-15)13-6-4-3-5-7-13;19-7-6-18(14(20)15(21)22)10-13-16-8-12(9-17-13)11-4-2-1-3-5-11/h2-7,9-10,12H,1,8,11H2;1-5,7-9H,6,10H2,(H,21,22). The predicted octanol–water partition coefficient (Wildman–Crippen LogP) is 2.54. The van der Waals surface area contributed by atoms with E-state index in [1.165, 1.54) is 5.06 Å². The second kappa shape index (κ2) is 17.1. The normalized spacial score (nSPS) is 10.1. The van der Waals surface area contributed by atoms with Crippen LogP contribution in [0.15, 0.2) is 98.1 Å². The third-order valence-corrected chi connectivity index (χ3v) is 5.69. The molecule has 0 aliphatic carbocycles. The summed E-state index contributed by atoms with van der Waals surface area (Å²) in [6.45, 7) is 3.54. The molecule has 0 bridgehead atoms. The maximum atomic E-state index is 11.4. The van der Waals surface area contributed by atoms with Crippen LogP contribution < -0.4 is 0 Å². The maximum Gasteiger partial charge on any atom is 0.394 e. The first-order valence-electron chi connectivity index (χ1n) is 13.1. The molecule has 224 valence electrons. The molecule has 2 aromatic carbocycles. The number of carboxylic acid groups (broad SMARTS) is 1. The van der Waals surface area contributed by atoms with Crippen LogP contribution in [0.5, 0.6) is 0 Å². The molecule has 0 atom stereocenters. The Kier molecular flexibility index (Phi) is 12.7. The lowest BCUT2D eigenvalue weighted by Gasteiger charge is -2.17. The number of hydrogen-bond acceptors (Lipinski definition) is 11. The molecule has 44 heavy (non-hydrogen) atoms. The van der Waals surface area contributed by atoms with Gasteiger partial charge in [0.05, 0.1) is 26.2 Å². The number of aldehydes is 2. The van der Waals surface area contributed by atoms with Crippen molar-refractivity contribution in [3.05, 3.63) is 110 Å². The van der Waals surface area contributed by atoms with Crippen molar-refractivity contribution in [2.45, 2.75) is 13.1 Å². The fraction of sp³-hybridized carbons (Fsp3) is 0.129. The van der Waals surface area contributed by atoms with Gasteiger partial charge in [-0.25, -0.2) is 29.5 Å². The van der Waals surface area contributed by atoms with E-state index in [4.69, 9.17) is 9.94 Å². The number of carbonyl (C=O) groups is 5. The average molecular weight is 597 g/mol. The Balaban J connectivity index is 0.000000240. The van der Waals surface area contributed by atoms with Crippen molar-refractivity contribution in [2.75, 3.05) is 13.1 Å². The van der Waals surface area contributed by atoms with Crippen molar-refractivity contribution in [1.29, 1.82) is 0 Å². The molecule has 0 radical (unpaired) electrons. The second-order valence-corrected chi connectivity index (χ2v) is 8.80. The summed E-state index contributed by atoms with van der Waals surface area (Å²) < 4.78 is 0. The highest BCUT2D eigenvalue weighted by atomic mass is 16.7. The Morgan fingerprint density at radius 1 is 0.727 bits per heavy atom. The molecule has 13 heteroatoms. The van der Waals surface area contributed by atoms with Gasteiger partial charge in [0.25, 0.3) is 0 Å². The topological polar surface area (TPSA) is 173 Å². The first-order chi connectivity index (χ1) is 21.3. The summed E-state index contributed by atoms with van der Waals surface area (Å²) in [6.07, 6.45) is 8.69. The number of carbonyl (C=O) groups excluding carboxylic acids is 4. The van der Waals surface area contributed by atoms with E-state index < -0.39 is 17.8 Å². The van der Waals surface area contributed by atoms with E-state index in [-0.39, 0.29) is 38.3 Å². The molecule has 1 amide bonds. The summed E-state index contributed by atoms with van der Waals surface area (Å²) in [7, 11) is 0. The van der Waals surface area contributed by atoms with Crippen LogP contribution >= 0.6 is 0 Å². The zero-order valence-electron chi connectivity index (χ0n) is 23.4. The summed E-state index contributed by atoms with van der Waals surface area (Å²) in [5, 5.41) is 9.97. The Morgan fingerprint density at radius 3 is 1.61 bits per heavy atom. The Bertz CT molecular complexity index is 1550. The minimum absolute atomic E-state index is 0.107. The fourth-order valence-electron chi connectivity index (χ4n) is 3.63. The van der Waals surface area contributed by atoms with Crippen molar-refractivity contribution >= 4 is 30.4 Å². The smallest absolute Gasteiger partial charge is 0.394 e. The molecule has 0 saturated heterocycles. The zero-order valence-corrected chi connectivity index (χ0v) is 23.4. The van der Waals surface area contributed by atoms with Crippen LogP contribution in [-0.2, 0) is 41.9 Å². The molecule has 13 nitrogen and oxygen atoms in total. The number of rotatable bonds is 12. The molecular formula is C31H28N6O7. The van der Waals surface area contributed by atoms with Crippen LogP contribution in [0.2, 0.25) is 0 Å². The predicted molar refractivity (Wildman–Crippen MR) is 157 cm³/mol. The van der Waals surface area contributed by atoms with E-state index in [0.717, 1.165) is 27.2 Å². The van der Waals surface area contributed by atoms with Gasteiger partial charge in [-0.15, -0.1) is 11.6 Å². The van der Waals surface area contributed by atoms with Gasteiger partial charge in [0.2, 0.25) is 6.29 Å². The lowest BCUT2D eigenvalue weighted by molar-refractivity contribution is -0.189. The summed E-state index contributed by atoms with van der Waals surface area (Å²) in [5.74, 6) is -3.02. The van der Waals surface area contributed by atoms with E-state index in [1.807, 2.05) is 60.7 Å². The molecule has 2 aromatic heterocycles. The lowest BCUT2D eigenvalue weighted by atomic mass is 10.1. The largest absolute Gasteiger partial charge is 0.474 e. The molecule has 1 N–H and O–H groups in total. The first kappa shape index (κ1) is 32.6. The number of benzene rings is 2. The van der Waals surface area contributed by atoms with Crippen molar-refractivity contribution in [3.8, 4) is 22.3 Å². The van der Waals surface area contributed by atoms with Crippen LogP contribution in [0, 0.1) is 0 Å². The van der Waals surface area contributed by atoms with Crippen molar-refractivity contribution in [3.63, 3.8) is 0 Å². The van der Waals surface area contributed by atoms with Crippen molar-refractivity contribution in [1.82, 2.24) is 29.9 Å². The SMILES string of the molecule is C=CCN(Cc1ncc(-c2ccccc2)cn1)OC(=O)C=O.O=CCN(Cc1ncc(-c2ccccc2)cn1)C(=O)C(=O)O. The highest BCUT2D eigenvalue weighted by Gasteiger charge is 2.21. The van der Waals surface area contributed by atoms with Gasteiger partial charge in [-0.2, -0.15) is 0 Å². The summed E-state index contributed by atoms with van der Waals surface area (Å²) >= 11 is 0. The molecule has 0 aliphatic rings. The van der Waals surface area contributed by atoms with Gasteiger partial charge in [-0.05, 0) is 11.1 Å². The molecule has 4 aromatic rings. The van der Waals surface area contributed by atoms with Gasteiger partial charge in [-0.3, -0.25) is 9.59 Å². The highest BCUT2D eigenvalue weighted by molar-refractivity contribution is 6.31. The Morgan fingerprint density at radius 2 is 1.20 bits per heavy atom. The van der Waals surface area contributed by atoms with Gasteiger partial charge in [-0.1, -0.05) is 66.7 Å². The molecular weight excluding hydrogens is 568 g/mol. The van der Waals surface area contributed by atoms with E-state index in [1.54, 1.807) is 30.9 Å². The zero-order chi connectivity index (χ0) is 31.7. The fourth-order valence-corrected chi connectivity index (χ4v) is 3.63. The van der Waals surface area contributed by atoms with Gasteiger partial charge in [0.15, 0.2) is 0 Å². The molecule has 0 aliphatic heterocycles. The van der Waals surface area contributed by atoms with E-state index >= 15 is 0 Å². The third kappa shape index (κ3) is 10.2. The molecule has 0 spiro atoms. The lowest BCUT2D eigenvalue weighted by Crippen LogP contribution is -2.37. The number of aromatic nitrogens is 4. The van der Waals surface area contributed by atoms with Crippen LogP contribution in [0.4, 0.5) is 0 Å². The molecule has 4 rings (SSSR count). The minimum atomic E-state index is -1.62. The summed E-state index contributed by atoms with van der Waals surface area (Å²) in [5.41, 5.74) is 3.66. The van der Waals surface area contributed by atoms with Crippen LogP contribution in [0.1, 0.15) is 11.6 Å². The van der Waals surface area contributed by atoms with Gasteiger partial charge in [0, 0.05) is 35.9 Å². The number of carboxylic acids is 1. The average Bonchev–Trinajstić information content (AvgIpc) is 3.06. The van der Waals surface area contributed by atoms with E-state index in [2.05, 4.69) is 26.5 Å².